The number of nitro groups is 1. The number of rotatable bonds is 4. The minimum atomic E-state index is -0.532. The predicted octanol–water partition coefficient (Wildman–Crippen LogP) is 3.48. The minimum Gasteiger partial charge on any atom is -0.483 e. The molecule has 0 bridgehead atoms. The zero-order valence-corrected chi connectivity index (χ0v) is 12.0. The molecule has 0 saturated heterocycles. The Morgan fingerprint density at radius 2 is 1.90 bits per heavy atom. The Morgan fingerprint density at radius 3 is 2.48 bits per heavy atom. The molecule has 6 nitrogen and oxygen atoms in total. The van der Waals surface area contributed by atoms with Crippen molar-refractivity contribution in [1.29, 1.82) is 0 Å². The Labute approximate surface area is 123 Å². The standard InChI is InChI=1S/C15H19NO5/c1-20-15(17)11-8-9-13(16(18)19)14(10-11)21-12-6-4-2-3-5-7-12/h8-10,12H,2-7H2,1H3. The highest BCUT2D eigenvalue weighted by atomic mass is 16.6. The first kappa shape index (κ1) is 15.3. The molecule has 0 amide bonds. The van der Waals surface area contributed by atoms with Crippen molar-refractivity contribution in [1.82, 2.24) is 0 Å². The number of ether oxygens (including phenoxy) is 2. The van der Waals surface area contributed by atoms with Crippen LogP contribution in [0.4, 0.5) is 5.69 Å². The summed E-state index contributed by atoms with van der Waals surface area (Å²) in [6, 6.07) is 4.07. The van der Waals surface area contributed by atoms with Crippen molar-refractivity contribution < 1.29 is 19.2 Å². The highest BCUT2D eigenvalue weighted by Crippen LogP contribution is 2.31. The van der Waals surface area contributed by atoms with Crippen molar-refractivity contribution >= 4 is 11.7 Å². The number of nitrogens with zero attached hydrogens (tertiary/aromatic N) is 1. The third kappa shape index (κ3) is 3.93. The van der Waals surface area contributed by atoms with Gasteiger partial charge in [-0.3, -0.25) is 10.1 Å². The first-order chi connectivity index (χ1) is 10.1. The number of esters is 1. The Balaban J connectivity index is 2.25. The van der Waals surface area contributed by atoms with Gasteiger partial charge in [0.1, 0.15) is 0 Å². The maximum absolute atomic E-state index is 11.5. The van der Waals surface area contributed by atoms with E-state index in [-0.39, 0.29) is 23.1 Å². The molecule has 0 aliphatic heterocycles. The Morgan fingerprint density at radius 1 is 1.24 bits per heavy atom. The molecule has 1 fully saturated rings. The molecule has 2 rings (SSSR count). The second-order valence-electron chi connectivity index (χ2n) is 5.16. The normalized spacial score (nSPS) is 16.0. The fourth-order valence-electron chi connectivity index (χ4n) is 2.54. The van der Waals surface area contributed by atoms with Crippen LogP contribution in [0.2, 0.25) is 0 Å². The molecule has 1 saturated carbocycles. The van der Waals surface area contributed by atoms with E-state index in [1.165, 1.54) is 38.2 Å². The average molecular weight is 293 g/mol. The Hall–Kier alpha value is -2.11. The third-order valence-corrected chi connectivity index (χ3v) is 3.67. The summed E-state index contributed by atoms with van der Waals surface area (Å²) in [4.78, 5) is 22.1. The summed E-state index contributed by atoms with van der Waals surface area (Å²) in [6.07, 6.45) is 6.22. The van der Waals surface area contributed by atoms with E-state index in [0.29, 0.717) is 0 Å². The molecule has 1 aromatic rings. The third-order valence-electron chi connectivity index (χ3n) is 3.67. The number of carbonyl (C=O) groups is 1. The largest absolute Gasteiger partial charge is 0.483 e. The van der Waals surface area contributed by atoms with Crippen molar-refractivity contribution in [3.05, 3.63) is 33.9 Å². The van der Waals surface area contributed by atoms with Crippen molar-refractivity contribution in [2.75, 3.05) is 7.11 Å². The van der Waals surface area contributed by atoms with Crippen molar-refractivity contribution in [3.8, 4) is 5.75 Å². The van der Waals surface area contributed by atoms with E-state index in [4.69, 9.17) is 4.74 Å². The molecule has 1 aromatic carbocycles. The summed E-state index contributed by atoms with van der Waals surface area (Å²) < 4.78 is 10.5. The van der Waals surface area contributed by atoms with Crippen LogP contribution in [0.3, 0.4) is 0 Å². The number of hydrogen-bond acceptors (Lipinski definition) is 5. The lowest BCUT2D eigenvalue weighted by Gasteiger charge is -2.17. The molecule has 0 heterocycles. The van der Waals surface area contributed by atoms with Crippen molar-refractivity contribution in [3.63, 3.8) is 0 Å². The van der Waals surface area contributed by atoms with Gasteiger partial charge in [0.2, 0.25) is 0 Å². The highest BCUT2D eigenvalue weighted by molar-refractivity contribution is 5.90. The summed E-state index contributed by atoms with van der Waals surface area (Å²) in [5, 5.41) is 11.1. The summed E-state index contributed by atoms with van der Waals surface area (Å²) in [7, 11) is 1.27. The number of nitro benzene ring substituents is 1. The summed E-state index contributed by atoms with van der Waals surface area (Å²) in [6.45, 7) is 0. The first-order valence-corrected chi connectivity index (χ1v) is 7.15. The second-order valence-corrected chi connectivity index (χ2v) is 5.16. The van der Waals surface area contributed by atoms with Crippen molar-refractivity contribution in [2.24, 2.45) is 0 Å². The molecular weight excluding hydrogens is 274 g/mol. The van der Waals surface area contributed by atoms with Gasteiger partial charge in [-0.2, -0.15) is 0 Å². The van der Waals surface area contributed by atoms with Gasteiger partial charge in [-0.25, -0.2) is 4.79 Å². The molecule has 1 aliphatic carbocycles. The molecule has 114 valence electrons. The first-order valence-electron chi connectivity index (χ1n) is 7.15. The fourth-order valence-corrected chi connectivity index (χ4v) is 2.54. The number of methoxy groups -OCH3 is 1. The van der Waals surface area contributed by atoms with Gasteiger partial charge in [0.15, 0.2) is 5.75 Å². The van der Waals surface area contributed by atoms with Crippen LogP contribution in [-0.4, -0.2) is 24.1 Å². The SMILES string of the molecule is COC(=O)c1ccc([N+](=O)[O-])c(OC2CCCCCC2)c1. The highest BCUT2D eigenvalue weighted by Gasteiger charge is 2.22. The molecule has 6 heteroatoms. The van der Waals surface area contributed by atoms with E-state index >= 15 is 0 Å². The topological polar surface area (TPSA) is 78.7 Å². The van der Waals surface area contributed by atoms with Gasteiger partial charge in [0, 0.05) is 12.1 Å². The lowest BCUT2D eigenvalue weighted by molar-refractivity contribution is -0.386. The maximum atomic E-state index is 11.5. The quantitative estimate of drug-likeness (QED) is 0.367. The van der Waals surface area contributed by atoms with Gasteiger partial charge >= 0.3 is 11.7 Å². The van der Waals surface area contributed by atoms with Crippen LogP contribution in [0.25, 0.3) is 0 Å². The van der Waals surface area contributed by atoms with Gasteiger partial charge < -0.3 is 9.47 Å². The van der Waals surface area contributed by atoms with Crippen LogP contribution in [-0.2, 0) is 4.74 Å². The van der Waals surface area contributed by atoms with Gasteiger partial charge in [0.25, 0.3) is 0 Å². The molecule has 0 radical (unpaired) electrons. The molecule has 1 aliphatic rings. The molecular formula is C15H19NO5. The van der Waals surface area contributed by atoms with Crippen LogP contribution >= 0.6 is 0 Å². The predicted molar refractivity (Wildman–Crippen MR) is 76.6 cm³/mol. The zero-order chi connectivity index (χ0) is 15.2. The lowest BCUT2D eigenvalue weighted by Crippen LogP contribution is -2.16. The smallest absolute Gasteiger partial charge is 0.337 e. The Kier molecular flexibility index (Phi) is 5.14. The van der Waals surface area contributed by atoms with Crippen LogP contribution in [0.1, 0.15) is 48.9 Å². The van der Waals surface area contributed by atoms with E-state index < -0.39 is 10.9 Å². The van der Waals surface area contributed by atoms with Crippen LogP contribution < -0.4 is 4.74 Å². The average Bonchev–Trinajstić information content (AvgIpc) is 2.74. The van der Waals surface area contributed by atoms with E-state index in [9.17, 15) is 14.9 Å². The fraction of sp³-hybridized carbons (Fsp3) is 0.533. The van der Waals surface area contributed by atoms with Gasteiger partial charge in [-0.05, 0) is 31.7 Å². The zero-order valence-electron chi connectivity index (χ0n) is 12.0. The van der Waals surface area contributed by atoms with E-state index in [2.05, 4.69) is 4.74 Å². The van der Waals surface area contributed by atoms with Gasteiger partial charge in [-0.15, -0.1) is 0 Å². The molecule has 0 aromatic heterocycles. The Bertz CT molecular complexity index is 521. The van der Waals surface area contributed by atoms with Crippen LogP contribution in [0.5, 0.6) is 5.75 Å². The summed E-state index contributed by atoms with van der Waals surface area (Å²) >= 11 is 0. The van der Waals surface area contributed by atoms with E-state index in [0.717, 1.165) is 25.7 Å². The summed E-state index contributed by atoms with van der Waals surface area (Å²) in [5.41, 5.74) is 0.138. The maximum Gasteiger partial charge on any atom is 0.337 e. The minimum absolute atomic E-state index is 0.0286. The van der Waals surface area contributed by atoms with Gasteiger partial charge in [0.05, 0.1) is 23.7 Å². The molecule has 0 atom stereocenters. The van der Waals surface area contributed by atoms with Gasteiger partial charge in [-0.1, -0.05) is 12.8 Å². The molecule has 21 heavy (non-hydrogen) atoms. The summed E-state index contributed by atoms with van der Waals surface area (Å²) in [5.74, 6) is -0.384. The second kappa shape index (κ2) is 7.06. The van der Waals surface area contributed by atoms with E-state index in [1.807, 2.05) is 0 Å². The lowest BCUT2D eigenvalue weighted by atomic mass is 10.1. The molecule has 0 N–H and O–H groups in total. The molecule has 0 spiro atoms. The van der Waals surface area contributed by atoms with E-state index in [1.54, 1.807) is 0 Å². The molecule has 0 unspecified atom stereocenters. The monoisotopic (exact) mass is 293 g/mol. The number of hydrogen-bond donors (Lipinski definition) is 0. The van der Waals surface area contributed by atoms with Crippen molar-refractivity contribution in [2.45, 2.75) is 44.6 Å². The van der Waals surface area contributed by atoms with Crippen LogP contribution in [0, 0.1) is 10.1 Å². The number of benzene rings is 1. The number of carbonyl (C=O) groups excluding carboxylic acids is 1. The van der Waals surface area contributed by atoms with Crippen LogP contribution in [0.15, 0.2) is 18.2 Å².